The Labute approximate surface area is 212 Å². The van der Waals surface area contributed by atoms with Crippen molar-refractivity contribution in [2.45, 2.75) is 12.3 Å². The van der Waals surface area contributed by atoms with Crippen LogP contribution >= 0.6 is 7.67 Å². The Kier molecular flexibility index (Phi) is 6.72. The molecule has 0 saturated carbocycles. The highest BCUT2D eigenvalue weighted by molar-refractivity contribution is 7.54. The molecule has 14 heteroatoms. The van der Waals surface area contributed by atoms with Crippen molar-refractivity contribution >= 4 is 13.4 Å². The average molecular weight is 555 g/mol. The van der Waals surface area contributed by atoms with Crippen LogP contribution in [0.4, 0.5) is 27.6 Å². The highest BCUT2D eigenvalue weighted by Crippen LogP contribution is 2.64. The highest BCUT2D eigenvalue weighted by Gasteiger charge is 2.55. The van der Waals surface area contributed by atoms with E-state index in [1.807, 2.05) is 0 Å². The molecule has 5 rings (SSSR count). The van der Waals surface area contributed by atoms with E-state index in [0.717, 1.165) is 24.3 Å². The molecule has 0 aliphatic carbocycles. The molecule has 200 valence electrons. The second-order valence-corrected chi connectivity index (χ2v) is 11.0. The van der Waals surface area contributed by atoms with Crippen LogP contribution in [0.3, 0.4) is 0 Å². The zero-order valence-electron chi connectivity index (χ0n) is 19.4. The van der Waals surface area contributed by atoms with Crippen molar-refractivity contribution < 1.29 is 40.7 Å². The van der Waals surface area contributed by atoms with Crippen LogP contribution in [-0.4, -0.2) is 46.6 Å². The number of nitro benzene ring substituents is 1. The molecule has 0 bridgehead atoms. The SMILES string of the molecule is O=[N+]([O-])c1ccc(C(OP(=O)(N2CC2)N2CC2)C(F)(F)F)cc1Oc1ccc(-c2ccc(F)cc2F)cc1. The van der Waals surface area contributed by atoms with Crippen molar-refractivity contribution in [3.63, 3.8) is 0 Å². The summed E-state index contributed by atoms with van der Waals surface area (Å²) in [5.41, 5.74) is -0.682. The maximum absolute atomic E-state index is 14.1. The van der Waals surface area contributed by atoms with Gasteiger partial charge in [-0.15, -0.1) is 0 Å². The van der Waals surface area contributed by atoms with Gasteiger partial charge in [-0.05, 0) is 47.5 Å². The van der Waals surface area contributed by atoms with Gasteiger partial charge in [-0.3, -0.25) is 19.2 Å². The summed E-state index contributed by atoms with van der Waals surface area (Å²) in [5.74, 6) is -2.04. The van der Waals surface area contributed by atoms with E-state index in [0.29, 0.717) is 37.8 Å². The summed E-state index contributed by atoms with van der Waals surface area (Å²) in [6.45, 7) is 1.35. The number of nitrogens with zero attached hydrogens (tertiary/aromatic N) is 3. The molecular formula is C24H19F5N3O5P. The van der Waals surface area contributed by atoms with Gasteiger partial charge in [-0.25, -0.2) is 18.1 Å². The molecule has 1 unspecified atom stereocenters. The minimum atomic E-state index is -4.98. The molecule has 1 atom stereocenters. The summed E-state index contributed by atoms with van der Waals surface area (Å²) in [4.78, 5) is 10.7. The fourth-order valence-corrected chi connectivity index (χ4v) is 6.16. The smallest absolute Gasteiger partial charge is 0.419 e. The number of ether oxygens (including phenoxy) is 1. The predicted octanol–water partition coefficient (Wildman–Crippen LogP) is 6.69. The van der Waals surface area contributed by atoms with Gasteiger partial charge in [0.1, 0.15) is 17.4 Å². The summed E-state index contributed by atoms with van der Waals surface area (Å²) in [7, 11) is -3.90. The zero-order chi connectivity index (χ0) is 27.2. The van der Waals surface area contributed by atoms with Crippen LogP contribution in [0.15, 0.2) is 60.7 Å². The van der Waals surface area contributed by atoms with E-state index in [1.54, 1.807) is 0 Å². The third-order valence-electron chi connectivity index (χ3n) is 5.91. The maximum atomic E-state index is 14.1. The largest absolute Gasteiger partial charge is 0.450 e. The molecule has 2 aliphatic rings. The number of benzene rings is 3. The van der Waals surface area contributed by atoms with Crippen molar-refractivity contribution in [3.05, 3.63) is 88.0 Å². The molecule has 2 aliphatic heterocycles. The van der Waals surface area contributed by atoms with Gasteiger partial charge in [0, 0.05) is 43.9 Å². The predicted molar refractivity (Wildman–Crippen MR) is 126 cm³/mol. The Morgan fingerprint density at radius 1 is 0.921 bits per heavy atom. The van der Waals surface area contributed by atoms with Crippen molar-refractivity contribution in [1.29, 1.82) is 0 Å². The molecule has 2 heterocycles. The Bertz CT molecular complexity index is 1410. The lowest BCUT2D eigenvalue weighted by Gasteiger charge is -2.28. The molecule has 0 spiro atoms. The van der Waals surface area contributed by atoms with E-state index in [1.165, 1.54) is 39.7 Å². The van der Waals surface area contributed by atoms with Crippen molar-refractivity contribution in [3.8, 4) is 22.6 Å². The second-order valence-electron chi connectivity index (χ2n) is 8.66. The van der Waals surface area contributed by atoms with Crippen LogP contribution in [0.25, 0.3) is 11.1 Å². The van der Waals surface area contributed by atoms with Crippen molar-refractivity contribution in [2.75, 3.05) is 26.2 Å². The van der Waals surface area contributed by atoms with Crippen LogP contribution in [0.5, 0.6) is 11.5 Å². The molecule has 3 aromatic rings. The molecule has 0 amide bonds. The molecule has 38 heavy (non-hydrogen) atoms. The number of hydrogen-bond acceptors (Lipinski definition) is 5. The Morgan fingerprint density at radius 3 is 2.08 bits per heavy atom. The quantitative estimate of drug-likeness (QED) is 0.0956. The van der Waals surface area contributed by atoms with Gasteiger partial charge in [0.2, 0.25) is 5.75 Å². The third-order valence-corrected chi connectivity index (χ3v) is 8.62. The minimum Gasteiger partial charge on any atom is -0.450 e. The van der Waals surface area contributed by atoms with Gasteiger partial charge in [-0.1, -0.05) is 12.1 Å². The fraction of sp³-hybridized carbons (Fsp3) is 0.250. The van der Waals surface area contributed by atoms with Crippen molar-refractivity contribution in [2.24, 2.45) is 0 Å². The maximum Gasteiger partial charge on any atom is 0.419 e. The Morgan fingerprint density at radius 2 is 1.55 bits per heavy atom. The number of hydrogen-bond donors (Lipinski definition) is 0. The van der Waals surface area contributed by atoms with Gasteiger partial charge >= 0.3 is 19.5 Å². The molecule has 8 nitrogen and oxygen atoms in total. The summed E-state index contributed by atoms with van der Waals surface area (Å²) in [5, 5.41) is 11.6. The zero-order valence-corrected chi connectivity index (χ0v) is 20.3. The molecule has 0 radical (unpaired) electrons. The monoisotopic (exact) mass is 555 g/mol. The number of rotatable bonds is 9. The van der Waals surface area contributed by atoms with Gasteiger partial charge in [-0.2, -0.15) is 13.2 Å². The van der Waals surface area contributed by atoms with Gasteiger partial charge in [0.05, 0.1) is 4.92 Å². The third kappa shape index (κ3) is 5.41. The van der Waals surface area contributed by atoms with E-state index in [2.05, 4.69) is 0 Å². The van der Waals surface area contributed by atoms with Crippen LogP contribution in [0.2, 0.25) is 0 Å². The van der Waals surface area contributed by atoms with Gasteiger partial charge in [0.25, 0.3) is 0 Å². The Hall–Kier alpha value is -3.38. The highest BCUT2D eigenvalue weighted by atomic mass is 31.2. The van der Waals surface area contributed by atoms with E-state index in [-0.39, 0.29) is 11.3 Å². The summed E-state index contributed by atoms with van der Waals surface area (Å²) >= 11 is 0. The Balaban J connectivity index is 1.45. The van der Waals surface area contributed by atoms with Crippen LogP contribution in [-0.2, 0) is 9.09 Å². The first kappa shape index (κ1) is 26.2. The van der Waals surface area contributed by atoms with Gasteiger partial charge in [0.15, 0.2) is 6.10 Å². The van der Waals surface area contributed by atoms with Crippen LogP contribution in [0.1, 0.15) is 11.7 Å². The lowest BCUT2D eigenvalue weighted by atomic mass is 10.0. The molecule has 3 aromatic carbocycles. The topological polar surface area (TPSA) is 84.7 Å². The first-order chi connectivity index (χ1) is 18.0. The number of halogens is 5. The summed E-state index contributed by atoms with van der Waals surface area (Å²) in [6.07, 6.45) is -7.60. The van der Waals surface area contributed by atoms with Crippen molar-refractivity contribution in [1.82, 2.24) is 9.34 Å². The standard InChI is InChI=1S/C24H19F5N3O5P/c25-17-4-7-19(20(26)14-17)15-1-5-18(6-2-15)36-22-13-16(3-8-21(22)32(33)34)23(24(27,28)29)37-38(35,30-9-10-30)31-11-12-31/h1-8,13-14,23H,9-12H2. The van der Waals surface area contributed by atoms with E-state index in [9.17, 15) is 36.6 Å². The molecule has 0 aromatic heterocycles. The first-order valence-corrected chi connectivity index (χ1v) is 12.9. The van der Waals surface area contributed by atoms with E-state index >= 15 is 0 Å². The normalized spacial score (nSPS) is 16.8. The summed E-state index contributed by atoms with van der Waals surface area (Å²) in [6, 6.07) is 11.1. The lowest BCUT2D eigenvalue weighted by Crippen LogP contribution is -2.25. The minimum absolute atomic E-state index is 0.0138. The molecule has 2 saturated heterocycles. The molecule has 0 N–H and O–H groups in total. The second kappa shape index (κ2) is 9.73. The number of nitro groups is 1. The first-order valence-electron chi connectivity index (χ1n) is 11.3. The number of alkyl halides is 3. The fourth-order valence-electron chi connectivity index (χ4n) is 3.83. The average Bonchev–Trinajstić information content (AvgIpc) is 3.75. The summed E-state index contributed by atoms with van der Waals surface area (Å²) < 4.78 is 96.2. The van der Waals surface area contributed by atoms with E-state index in [4.69, 9.17) is 9.26 Å². The molecular weight excluding hydrogens is 536 g/mol. The van der Waals surface area contributed by atoms with E-state index < -0.39 is 53.5 Å². The molecule has 2 fully saturated rings. The van der Waals surface area contributed by atoms with Crippen LogP contribution in [0, 0.1) is 21.7 Å². The van der Waals surface area contributed by atoms with Crippen LogP contribution < -0.4 is 4.74 Å². The van der Waals surface area contributed by atoms with Gasteiger partial charge < -0.3 is 4.74 Å². The lowest BCUT2D eigenvalue weighted by molar-refractivity contribution is -0.385.